The fraction of sp³-hybridized carbons (Fsp3) is 0.667. The van der Waals surface area contributed by atoms with Gasteiger partial charge in [-0.25, -0.2) is 4.79 Å². The molecule has 2 bridgehead atoms. The molecule has 4 fully saturated rings. The predicted molar refractivity (Wildman–Crippen MR) is 101 cm³/mol. The van der Waals surface area contributed by atoms with Crippen LogP contribution >= 0.6 is 0 Å². The Labute approximate surface area is 156 Å². The SMILES string of the molecule is CC(C)(C)OC(=O)c1cccc(B2OC3C[C@@H]4C[C@@H](C4(C)C)[C@]3(C)O2)c1. The second-order valence-electron chi connectivity index (χ2n) is 9.93. The van der Waals surface area contributed by atoms with Crippen molar-refractivity contribution in [3.8, 4) is 0 Å². The molecule has 0 radical (unpaired) electrons. The second kappa shape index (κ2) is 5.59. The molecule has 0 N–H and O–H groups in total. The van der Waals surface area contributed by atoms with Gasteiger partial charge in [-0.05, 0) is 75.4 Å². The van der Waals surface area contributed by atoms with Gasteiger partial charge in [-0.1, -0.05) is 26.0 Å². The van der Waals surface area contributed by atoms with E-state index in [1.807, 2.05) is 39.0 Å². The summed E-state index contributed by atoms with van der Waals surface area (Å²) in [4.78, 5) is 12.4. The zero-order chi connectivity index (χ0) is 18.9. The molecule has 1 unspecified atom stereocenters. The van der Waals surface area contributed by atoms with Crippen LogP contribution in [-0.2, 0) is 14.0 Å². The van der Waals surface area contributed by atoms with Crippen LogP contribution in [0.3, 0.4) is 0 Å². The lowest BCUT2D eigenvalue weighted by Gasteiger charge is -2.64. The predicted octanol–water partition coefficient (Wildman–Crippen LogP) is 3.58. The van der Waals surface area contributed by atoms with Crippen LogP contribution in [0.2, 0.25) is 0 Å². The fourth-order valence-electron chi connectivity index (χ4n) is 5.16. The Hall–Kier alpha value is -1.33. The van der Waals surface area contributed by atoms with Crippen LogP contribution in [-0.4, -0.2) is 30.4 Å². The Morgan fingerprint density at radius 2 is 1.96 bits per heavy atom. The van der Waals surface area contributed by atoms with Crippen molar-refractivity contribution in [2.45, 2.75) is 71.7 Å². The zero-order valence-electron chi connectivity index (χ0n) is 16.7. The highest BCUT2D eigenvalue weighted by Gasteiger charge is 2.67. The lowest BCUT2D eigenvalue weighted by molar-refractivity contribution is -0.199. The highest BCUT2D eigenvalue weighted by Crippen LogP contribution is 2.65. The van der Waals surface area contributed by atoms with Gasteiger partial charge in [0.05, 0.1) is 17.3 Å². The van der Waals surface area contributed by atoms with Crippen molar-refractivity contribution in [2.75, 3.05) is 0 Å². The van der Waals surface area contributed by atoms with Gasteiger partial charge in [0.15, 0.2) is 0 Å². The molecule has 3 aliphatic carbocycles. The molecule has 1 aromatic carbocycles. The van der Waals surface area contributed by atoms with Crippen LogP contribution in [0.4, 0.5) is 0 Å². The molecule has 4 atom stereocenters. The van der Waals surface area contributed by atoms with Gasteiger partial charge in [0.1, 0.15) is 5.60 Å². The summed E-state index contributed by atoms with van der Waals surface area (Å²) in [5, 5.41) is 0. The van der Waals surface area contributed by atoms with Crippen molar-refractivity contribution in [1.29, 1.82) is 0 Å². The first-order valence-corrected chi connectivity index (χ1v) is 9.67. The maximum atomic E-state index is 12.4. The molecular formula is C21H29BO4. The van der Waals surface area contributed by atoms with Gasteiger partial charge >= 0.3 is 13.1 Å². The summed E-state index contributed by atoms with van der Waals surface area (Å²) in [7, 11) is -0.414. The molecule has 26 heavy (non-hydrogen) atoms. The molecule has 1 saturated heterocycles. The monoisotopic (exact) mass is 356 g/mol. The molecule has 0 spiro atoms. The minimum atomic E-state index is -0.511. The van der Waals surface area contributed by atoms with E-state index in [1.165, 1.54) is 6.42 Å². The number of esters is 1. The van der Waals surface area contributed by atoms with Crippen molar-refractivity contribution in [1.82, 2.24) is 0 Å². The quantitative estimate of drug-likeness (QED) is 0.600. The fourth-order valence-corrected chi connectivity index (χ4v) is 5.16. The van der Waals surface area contributed by atoms with E-state index < -0.39 is 12.7 Å². The summed E-state index contributed by atoms with van der Waals surface area (Å²) in [6, 6.07) is 7.46. The Balaban J connectivity index is 1.55. The van der Waals surface area contributed by atoms with Gasteiger partial charge in [-0.2, -0.15) is 0 Å². The average Bonchev–Trinajstić information content (AvgIpc) is 2.90. The molecule has 0 aromatic heterocycles. The second-order valence-corrected chi connectivity index (χ2v) is 9.93. The summed E-state index contributed by atoms with van der Waals surface area (Å²) in [5.74, 6) is 0.933. The van der Waals surface area contributed by atoms with Crippen molar-refractivity contribution < 1.29 is 18.8 Å². The first-order chi connectivity index (χ1) is 12.0. The Morgan fingerprint density at radius 1 is 1.23 bits per heavy atom. The number of ether oxygens (including phenoxy) is 1. The van der Waals surface area contributed by atoms with Crippen molar-refractivity contribution in [3.05, 3.63) is 29.8 Å². The Kier molecular flexibility index (Phi) is 3.88. The van der Waals surface area contributed by atoms with Crippen LogP contribution in [0.15, 0.2) is 24.3 Å². The number of rotatable bonds is 2. The van der Waals surface area contributed by atoms with Crippen LogP contribution < -0.4 is 5.46 Å². The number of benzene rings is 1. The van der Waals surface area contributed by atoms with E-state index in [4.69, 9.17) is 14.0 Å². The van der Waals surface area contributed by atoms with E-state index in [0.29, 0.717) is 16.9 Å². The molecule has 1 aliphatic heterocycles. The molecular weight excluding hydrogens is 327 g/mol. The lowest BCUT2D eigenvalue weighted by Crippen LogP contribution is -2.65. The smallest absolute Gasteiger partial charge is 0.456 e. The molecule has 0 amide bonds. The maximum Gasteiger partial charge on any atom is 0.494 e. The highest BCUT2D eigenvalue weighted by molar-refractivity contribution is 6.62. The van der Waals surface area contributed by atoms with Crippen molar-refractivity contribution >= 4 is 18.6 Å². The molecule has 3 saturated carbocycles. The third-order valence-corrected chi connectivity index (χ3v) is 6.74. The first-order valence-electron chi connectivity index (χ1n) is 9.67. The first kappa shape index (κ1) is 18.1. The summed E-state index contributed by atoms with van der Waals surface area (Å²) in [5.41, 5.74) is 0.989. The molecule has 1 aromatic rings. The number of carbonyl (C=O) groups excluding carboxylic acids is 1. The summed E-state index contributed by atoms with van der Waals surface area (Å²) < 4.78 is 18.3. The van der Waals surface area contributed by atoms with Crippen LogP contribution in [0, 0.1) is 17.3 Å². The van der Waals surface area contributed by atoms with E-state index in [-0.39, 0.29) is 17.7 Å². The molecule has 4 nitrogen and oxygen atoms in total. The largest absolute Gasteiger partial charge is 0.494 e. The van der Waals surface area contributed by atoms with Gasteiger partial charge in [0, 0.05) is 0 Å². The molecule has 5 rings (SSSR count). The highest BCUT2D eigenvalue weighted by atomic mass is 16.7. The maximum absolute atomic E-state index is 12.4. The molecule has 140 valence electrons. The number of hydrogen-bond donors (Lipinski definition) is 0. The molecule has 5 heteroatoms. The molecule has 1 heterocycles. The van der Waals surface area contributed by atoms with Gasteiger partial charge in [-0.15, -0.1) is 0 Å². The van der Waals surface area contributed by atoms with Gasteiger partial charge < -0.3 is 14.0 Å². The normalized spacial score (nSPS) is 34.8. The standard InChI is InChI=1S/C21H29BO4/c1-19(2,3)24-18(23)13-8-7-9-15(10-13)22-25-17-12-14-11-16(20(14,4)5)21(17,6)26-22/h7-10,14,16-17H,11-12H2,1-6H3/t14-,16-,17?,21-/m0/s1. The lowest BCUT2D eigenvalue weighted by atomic mass is 9.43. The van der Waals surface area contributed by atoms with Crippen molar-refractivity contribution in [2.24, 2.45) is 17.3 Å². The number of hydrogen-bond acceptors (Lipinski definition) is 4. The zero-order valence-corrected chi connectivity index (χ0v) is 16.7. The average molecular weight is 356 g/mol. The van der Waals surface area contributed by atoms with Gasteiger partial charge in [0.25, 0.3) is 0 Å². The van der Waals surface area contributed by atoms with Crippen LogP contribution in [0.1, 0.15) is 64.7 Å². The topological polar surface area (TPSA) is 44.8 Å². The summed E-state index contributed by atoms with van der Waals surface area (Å²) in [6.45, 7) is 12.5. The minimum Gasteiger partial charge on any atom is -0.456 e. The van der Waals surface area contributed by atoms with E-state index in [2.05, 4.69) is 20.8 Å². The van der Waals surface area contributed by atoms with Crippen LogP contribution in [0.25, 0.3) is 0 Å². The van der Waals surface area contributed by atoms with E-state index >= 15 is 0 Å². The van der Waals surface area contributed by atoms with Crippen molar-refractivity contribution in [3.63, 3.8) is 0 Å². The van der Waals surface area contributed by atoms with E-state index in [0.717, 1.165) is 17.8 Å². The Morgan fingerprint density at radius 3 is 2.62 bits per heavy atom. The summed E-state index contributed by atoms with van der Waals surface area (Å²) >= 11 is 0. The Bertz CT molecular complexity index is 738. The number of carbonyl (C=O) groups is 1. The summed E-state index contributed by atoms with van der Waals surface area (Å²) in [6.07, 6.45) is 2.42. The minimum absolute atomic E-state index is 0.134. The van der Waals surface area contributed by atoms with E-state index in [9.17, 15) is 4.79 Å². The van der Waals surface area contributed by atoms with Gasteiger partial charge in [-0.3, -0.25) is 0 Å². The third-order valence-electron chi connectivity index (χ3n) is 6.74. The molecule has 4 aliphatic rings. The van der Waals surface area contributed by atoms with E-state index in [1.54, 1.807) is 6.07 Å². The third kappa shape index (κ3) is 2.71. The van der Waals surface area contributed by atoms with Gasteiger partial charge in [0.2, 0.25) is 0 Å². The van der Waals surface area contributed by atoms with Crippen LogP contribution in [0.5, 0.6) is 0 Å².